The Morgan fingerprint density at radius 1 is 1.46 bits per heavy atom. The van der Waals surface area contributed by atoms with Crippen LogP contribution in [-0.2, 0) is 13.0 Å². The van der Waals surface area contributed by atoms with E-state index in [0.717, 1.165) is 37.8 Å². The fraction of sp³-hybridized carbons (Fsp3) is 0.706. The highest BCUT2D eigenvalue weighted by molar-refractivity contribution is 5.02. The molecule has 7 heteroatoms. The van der Waals surface area contributed by atoms with Crippen LogP contribution in [0.4, 0.5) is 0 Å². The van der Waals surface area contributed by atoms with Crippen LogP contribution in [0.15, 0.2) is 16.9 Å². The fourth-order valence-corrected chi connectivity index (χ4v) is 3.21. The predicted molar refractivity (Wildman–Crippen MR) is 91.6 cm³/mol. The highest BCUT2D eigenvalue weighted by atomic mass is 16.5. The second-order valence-corrected chi connectivity index (χ2v) is 7.07. The summed E-state index contributed by atoms with van der Waals surface area (Å²) in [4.78, 5) is 9.38. The largest absolute Gasteiger partial charge is 0.339 e. The second-order valence-electron chi connectivity index (χ2n) is 7.07. The van der Waals surface area contributed by atoms with Gasteiger partial charge in [0.05, 0.1) is 12.7 Å². The van der Waals surface area contributed by atoms with E-state index in [4.69, 9.17) is 4.52 Å². The van der Waals surface area contributed by atoms with Crippen LogP contribution in [0.25, 0.3) is 0 Å². The minimum atomic E-state index is 0.286. The predicted octanol–water partition coefficient (Wildman–Crippen LogP) is 2.05. The van der Waals surface area contributed by atoms with Crippen molar-refractivity contribution in [3.05, 3.63) is 29.7 Å². The van der Waals surface area contributed by atoms with Crippen LogP contribution < -0.4 is 0 Å². The van der Waals surface area contributed by atoms with E-state index in [1.807, 2.05) is 12.4 Å². The lowest BCUT2D eigenvalue weighted by Gasteiger charge is -2.23. The van der Waals surface area contributed by atoms with Crippen molar-refractivity contribution in [2.45, 2.75) is 51.6 Å². The first kappa shape index (κ1) is 17.1. The van der Waals surface area contributed by atoms with Gasteiger partial charge in [-0.25, -0.2) is 0 Å². The number of aryl methyl sites for hydroxylation is 1. The molecule has 1 N–H and O–H groups in total. The molecule has 0 bridgehead atoms. The van der Waals surface area contributed by atoms with E-state index in [-0.39, 0.29) is 5.92 Å². The number of likely N-dealkylation sites (tertiary alicyclic amines) is 1. The lowest BCUT2D eigenvalue weighted by Crippen LogP contribution is -2.34. The van der Waals surface area contributed by atoms with Crippen molar-refractivity contribution >= 4 is 0 Å². The van der Waals surface area contributed by atoms with Gasteiger partial charge in [-0.1, -0.05) is 19.0 Å². The molecule has 2 aromatic heterocycles. The van der Waals surface area contributed by atoms with E-state index in [1.54, 1.807) is 0 Å². The van der Waals surface area contributed by atoms with Crippen LogP contribution in [0.3, 0.4) is 0 Å². The minimum absolute atomic E-state index is 0.286. The van der Waals surface area contributed by atoms with Gasteiger partial charge in [0.25, 0.3) is 0 Å². The normalized spacial score (nSPS) is 19.0. The first-order valence-corrected chi connectivity index (χ1v) is 8.84. The third-order valence-corrected chi connectivity index (χ3v) is 4.73. The third-order valence-electron chi connectivity index (χ3n) is 4.73. The van der Waals surface area contributed by atoms with Gasteiger partial charge in [0, 0.05) is 24.7 Å². The molecule has 0 radical (unpaired) electrons. The molecule has 0 aromatic carbocycles. The molecule has 1 saturated heterocycles. The summed E-state index contributed by atoms with van der Waals surface area (Å²) in [5, 5.41) is 11.0. The first-order chi connectivity index (χ1) is 11.6. The SMILES string of the molecule is CC(C)c1nc(CN(C)C2CCN(CCCc3cn[nH]c3)C2)no1. The molecule has 0 aliphatic carbocycles. The van der Waals surface area contributed by atoms with Gasteiger partial charge < -0.3 is 9.42 Å². The van der Waals surface area contributed by atoms with Crippen molar-refractivity contribution in [1.29, 1.82) is 0 Å². The molecule has 1 aliphatic rings. The van der Waals surface area contributed by atoms with Gasteiger partial charge in [-0.2, -0.15) is 10.1 Å². The maximum Gasteiger partial charge on any atom is 0.229 e. The van der Waals surface area contributed by atoms with Crippen molar-refractivity contribution in [1.82, 2.24) is 30.1 Å². The number of rotatable bonds is 8. The Balaban J connectivity index is 1.40. The Kier molecular flexibility index (Phi) is 5.63. The summed E-state index contributed by atoms with van der Waals surface area (Å²) in [6, 6.07) is 0.569. The molecule has 2 aromatic rings. The first-order valence-electron chi connectivity index (χ1n) is 8.84. The molecule has 0 saturated carbocycles. The maximum absolute atomic E-state index is 5.29. The number of likely N-dealkylation sites (N-methyl/N-ethyl adjacent to an activating group) is 1. The van der Waals surface area contributed by atoms with Crippen molar-refractivity contribution < 1.29 is 4.52 Å². The summed E-state index contributed by atoms with van der Waals surface area (Å²) in [6.07, 6.45) is 7.37. The molecule has 24 heavy (non-hydrogen) atoms. The Hall–Kier alpha value is -1.73. The van der Waals surface area contributed by atoms with E-state index < -0.39 is 0 Å². The zero-order valence-corrected chi connectivity index (χ0v) is 14.9. The second kappa shape index (κ2) is 7.90. The minimum Gasteiger partial charge on any atom is -0.339 e. The van der Waals surface area contributed by atoms with Crippen LogP contribution in [-0.4, -0.2) is 62.9 Å². The molecule has 132 valence electrons. The summed E-state index contributed by atoms with van der Waals surface area (Å²) in [6.45, 7) is 8.33. The number of H-pyrrole nitrogens is 1. The summed E-state index contributed by atoms with van der Waals surface area (Å²) in [5.74, 6) is 1.80. The molecule has 1 atom stereocenters. The third kappa shape index (κ3) is 4.42. The molecule has 0 spiro atoms. The quantitative estimate of drug-likeness (QED) is 0.797. The number of hydrogen-bond donors (Lipinski definition) is 1. The van der Waals surface area contributed by atoms with E-state index >= 15 is 0 Å². The van der Waals surface area contributed by atoms with Crippen LogP contribution in [0.1, 0.15) is 49.9 Å². The molecule has 1 aliphatic heterocycles. The Labute approximate surface area is 143 Å². The summed E-state index contributed by atoms with van der Waals surface area (Å²) < 4.78 is 5.29. The van der Waals surface area contributed by atoms with Gasteiger partial charge >= 0.3 is 0 Å². The number of nitrogens with one attached hydrogen (secondary N) is 1. The zero-order chi connectivity index (χ0) is 16.9. The molecule has 0 amide bonds. The zero-order valence-electron chi connectivity index (χ0n) is 14.9. The van der Waals surface area contributed by atoms with Crippen LogP contribution in [0, 0.1) is 0 Å². The molecular weight excluding hydrogens is 304 g/mol. The van der Waals surface area contributed by atoms with Gasteiger partial charge in [-0.05, 0) is 45.0 Å². The van der Waals surface area contributed by atoms with Gasteiger partial charge in [0.15, 0.2) is 5.82 Å². The average Bonchev–Trinajstić information content (AvgIpc) is 3.28. The molecule has 3 heterocycles. The monoisotopic (exact) mass is 332 g/mol. The molecular formula is C17H28N6O. The fourth-order valence-electron chi connectivity index (χ4n) is 3.21. The van der Waals surface area contributed by atoms with E-state index in [2.05, 4.69) is 51.0 Å². The molecule has 3 rings (SSSR count). The van der Waals surface area contributed by atoms with Crippen molar-refractivity contribution in [3.8, 4) is 0 Å². The van der Waals surface area contributed by atoms with Crippen LogP contribution in [0.5, 0.6) is 0 Å². The van der Waals surface area contributed by atoms with Gasteiger partial charge in [0.2, 0.25) is 5.89 Å². The molecule has 1 fully saturated rings. The maximum atomic E-state index is 5.29. The van der Waals surface area contributed by atoms with Crippen LogP contribution in [0.2, 0.25) is 0 Å². The average molecular weight is 332 g/mol. The van der Waals surface area contributed by atoms with Crippen LogP contribution >= 0.6 is 0 Å². The Bertz CT molecular complexity index is 608. The molecule has 1 unspecified atom stereocenters. The van der Waals surface area contributed by atoms with E-state index in [0.29, 0.717) is 6.04 Å². The summed E-state index contributed by atoms with van der Waals surface area (Å²) in [5.41, 5.74) is 1.29. The highest BCUT2D eigenvalue weighted by Crippen LogP contribution is 2.18. The Morgan fingerprint density at radius 2 is 2.33 bits per heavy atom. The van der Waals surface area contributed by atoms with Gasteiger partial charge in [-0.3, -0.25) is 10.00 Å². The van der Waals surface area contributed by atoms with Crippen molar-refractivity contribution in [3.63, 3.8) is 0 Å². The van der Waals surface area contributed by atoms with E-state index in [1.165, 1.54) is 24.9 Å². The number of aromatic nitrogens is 4. The van der Waals surface area contributed by atoms with Crippen molar-refractivity contribution in [2.75, 3.05) is 26.7 Å². The number of aromatic amines is 1. The summed E-state index contributed by atoms with van der Waals surface area (Å²) in [7, 11) is 2.16. The Morgan fingerprint density at radius 3 is 3.04 bits per heavy atom. The molecule has 7 nitrogen and oxygen atoms in total. The van der Waals surface area contributed by atoms with E-state index in [9.17, 15) is 0 Å². The van der Waals surface area contributed by atoms with Gasteiger partial charge in [0.1, 0.15) is 0 Å². The lowest BCUT2D eigenvalue weighted by molar-refractivity contribution is 0.217. The topological polar surface area (TPSA) is 74.1 Å². The standard InChI is InChI=1S/C17H28N6O/c1-13(2)17-20-16(21-24-17)12-22(3)15-6-8-23(11-15)7-4-5-14-9-18-19-10-14/h9-10,13,15H,4-8,11-12H2,1-3H3,(H,18,19). The van der Waals surface area contributed by atoms with Gasteiger partial charge in [-0.15, -0.1) is 0 Å². The number of nitrogens with zero attached hydrogens (tertiary/aromatic N) is 5. The lowest BCUT2D eigenvalue weighted by atomic mass is 10.2. The number of hydrogen-bond acceptors (Lipinski definition) is 6. The summed E-state index contributed by atoms with van der Waals surface area (Å²) >= 11 is 0. The van der Waals surface area contributed by atoms with Crippen molar-refractivity contribution in [2.24, 2.45) is 0 Å². The smallest absolute Gasteiger partial charge is 0.229 e. The highest BCUT2D eigenvalue weighted by Gasteiger charge is 2.26.